The van der Waals surface area contributed by atoms with Gasteiger partial charge in [-0.05, 0) is 12.1 Å². The number of carboxylic acid groups (broad SMARTS) is 1. The first-order valence-corrected chi connectivity index (χ1v) is 6.60. The van der Waals surface area contributed by atoms with Gasteiger partial charge < -0.3 is 5.11 Å². The van der Waals surface area contributed by atoms with Crippen molar-refractivity contribution in [3.63, 3.8) is 0 Å². The van der Waals surface area contributed by atoms with E-state index in [1.807, 2.05) is 12.1 Å². The van der Waals surface area contributed by atoms with E-state index in [0.29, 0.717) is 10.5 Å². The van der Waals surface area contributed by atoms with Crippen LogP contribution in [0.15, 0.2) is 46.7 Å². The van der Waals surface area contributed by atoms with E-state index in [4.69, 9.17) is 0 Å². The number of nitrogens with zero attached hydrogens (tertiary/aromatic N) is 4. The summed E-state index contributed by atoms with van der Waals surface area (Å²) in [5, 5.41) is 14.2. The number of aryl methyl sites for hydroxylation is 1. The Morgan fingerprint density at radius 2 is 2.05 bits per heavy atom. The lowest BCUT2D eigenvalue weighted by atomic mass is 10.2. The quantitative estimate of drug-likeness (QED) is 0.795. The molecule has 3 rings (SSSR count). The third-order valence-electron chi connectivity index (χ3n) is 2.81. The Bertz CT molecular complexity index is 786. The van der Waals surface area contributed by atoms with Gasteiger partial charge in [0, 0.05) is 35.4 Å². The highest BCUT2D eigenvalue weighted by molar-refractivity contribution is 7.99. The van der Waals surface area contributed by atoms with E-state index in [-0.39, 0.29) is 5.56 Å². The molecule has 3 heterocycles. The Balaban J connectivity index is 2.20. The fourth-order valence-corrected chi connectivity index (χ4v) is 2.86. The molecule has 0 aliphatic rings. The second-order valence-electron chi connectivity index (χ2n) is 4.10. The molecule has 6 nitrogen and oxygen atoms in total. The van der Waals surface area contributed by atoms with Crippen LogP contribution in [0.2, 0.25) is 0 Å². The lowest BCUT2D eigenvalue weighted by Gasteiger charge is -2.07. The van der Waals surface area contributed by atoms with Crippen LogP contribution in [0.4, 0.5) is 0 Å². The molecule has 0 spiro atoms. The molecule has 3 aromatic heterocycles. The largest absolute Gasteiger partial charge is 0.478 e. The fraction of sp³-hybridized carbons (Fsp3) is 0.0769. The molecule has 0 aliphatic carbocycles. The zero-order chi connectivity index (χ0) is 14.1. The summed E-state index contributed by atoms with van der Waals surface area (Å²) in [5.41, 5.74) is 0.832. The lowest BCUT2D eigenvalue weighted by Crippen LogP contribution is -2.01. The number of rotatable bonds is 3. The van der Waals surface area contributed by atoms with Gasteiger partial charge in [0.15, 0.2) is 5.65 Å². The number of carboxylic acids is 1. The maximum atomic E-state index is 11.4. The molecule has 100 valence electrons. The molecule has 1 N–H and O–H groups in total. The Morgan fingerprint density at radius 3 is 2.75 bits per heavy atom. The van der Waals surface area contributed by atoms with E-state index < -0.39 is 5.97 Å². The van der Waals surface area contributed by atoms with Crippen LogP contribution in [0.5, 0.6) is 0 Å². The second kappa shape index (κ2) is 4.93. The summed E-state index contributed by atoms with van der Waals surface area (Å²) in [4.78, 5) is 21.0. The number of fused-ring (bicyclic) bond motifs is 1. The predicted octanol–water partition coefficient (Wildman–Crippen LogP) is 2.21. The smallest absolute Gasteiger partial charge is 0.338 e. The summed E-state index contributed by atoms with van der Waals surface area (Å²) in [7, 11) is 1.77. The van der Waals surface area contributed by atoms with Gasteiger partial charge in [-0.25, -0.2) is 9.78 Å². The van der Waals surface area contributed by atoms with Gasteiger partial charge >= 0.3 is 5.97 Å². The molecule has 0 bridgehead atoms. The molecule has 0 atom stereocenters. The molecule has 0 unspecified atom stereocenters. The maximum absolute atomic E-state index is 11.4. The molecular weight excluding hydrogens is 276 g/mol. The minimum Gasteiger partial charge on any atom is -0.478 e. The van der Waals surface area contributed by atoms with Crippen LogP contribution < -0.4 is 0 Å². The Morgan fingerprint density at radius 1 is 1.30 bits per heavy atom. The predicted molar refractivity (Wildman–Crippen MR) is 73.8 cm³/mol. The SMILES string of the molecule is Cn1ncc2c(Sc3ccncc3)c(C(=O)O)cnc21. The Kier molecular flexibility index (Phi) is 3.11. The minimum atomic E-state index is -1.00. The molecule has 0 fully saturated rings. The van der Waals surface area contributed by atoms with Crippen LogP contribution in [-0.4, -0.2) is 30.8 Å². The molecule has 0 saturated carbocycles. The molecule has 0 saturated heterocycles. The highest BCUT2D eigenvalue weighted by atomic mass is 32.2. The third-order valence-corrected chi connectivity index (χ3v) is 3.96. The Hall–Kier alpha value is -2.41. The van der Waals surface area contributed by atoms with Crippen LogP contribution in [0.3, 0.4) is 0 Å². The number of hydrogen-bond donors (Lipinski definition) is 1. The first kappa shape index (κ1) is 12.6. The van der Waals surface area contributed by atoms with Crippen molar-refractivity contribution in [3.05, 3.63) is 42.5 Å². The van der Waals surface area contributed by atoms with Crippen molar-refractivity contribution in [2.75, 3.05) is 0 Å². The molecule has 0 radical (unpaired) electrons. The van der Waals surface area contributed by atoms with Crippen molar-refractivity contribution in [2.24, 2.45) is 7.05 Å². The first-order chi connectivity index (χ1) is 9.66. The molecule has 20 heavy (non-hydrogen) atoms. The summed E-state index contributed by atoms with van der Waals surface area (Å²) in [6, 6.07) is 3.66. The van der Waals surface area contributed by atoms with E-state index in [1.165, 1.54) is 18.0 Å². The first-order valence-electron chi connectivity index (χ1n) is 5.78. The standard InChI is InChI=1S/C13H10N4O2S/c1-17-12-9(7-16-17)11(10(6-15-12)13(18)19)20-8-2-4-14-5-3-8/h2-7H,1H3,(H,18,19). The number of pyridine rings is 2. The summed E-state index contributed by atoms with van der Waals surface area (Å²) >= 11 is 1.37. The molecule has 0 amide bonds. The van der Waals surface area contributed by atoms with Gasteiger partial charge in [-0.2, -0.15) is 5.10 Å². The van der Waals surface area contributed by atoms with Gasteiger partial charge in [-0.15, -0.1) is 0 Å². The summed E-state index contributed by atoms with van der Waals surface area (Å²) in [6.07, 6.45) is 6.35. The zero-order valence-electron chi connectivity index (χ0n) is 10.5. The summed E-state index contributed by atoms with van der Waals surface area (Å²) < 4.78 is 1.62. The van der Waals surface area contributed by atoms with Crippen molar-refractivity contribution < 1.29 is 9.90 Å². The lowest BCUT2D eigenvalue weighted by molar-refractivity contribution is 0.0693. The van der Waals surface area contributed by atoms with Gasteiger partial charge in [0.2, 0.25) is 0 Å². The normalized spacial score (nSPS) is 10.8. The zero-order valence-corrected chi connectivity index (χ0v) is 11.3. The van der Waals surface area contributed by atoms with E-state index in [1.54, 1.807) is 30.3 Å². The van der Waals surface area contributed by atoms with E-state index in [9.17, 15) is 9.90 Å². The summed E-state index contributed by atoms with van der Waals surface area (Å²) in [5.74, 6) is -1.00. The van der Waals surface area contributed by atoms with Crippen molar-refractivity contribution in [1.82, 2.24) is 19.7 Å². The highest BCUT2D eigenvalue weighted by Crippen LogP contribution is 2.35. The topological polar surface area (TPSA) is 80.9 Å². The van der Waals surface area contributed by atoms with Gasteiger partial charge in [0.05, 0.1) is 17.1 Å². The van der Waals surface area contributed by atoms with Crippen LogP contribution in [0, 0.1) is 0 Å². The highest BCUT2D eigenvalue weighted by Gasteiger charge is 2.17. The number of aromatic nitrogens is 4. The van der Waals surface area contributed by atoms with E-state index in [2.05, 4.69) is 15.1 Å². The number of carbonyl (C=O) groups is 1. The Labute approximate surface area is 118 Å². The second-order valence-corrected chi connectivity index (χ2v) is 5.18. The van der Waals surface area contributed by atoms with Gasteiger partial charge in [-0.3, -0.25) is 9.67 Å². The fourth-order valence-electron chi connectivity index (χ4n) is 1.86. The third kappa shape index (κ3) is 2.12. The van der Waals surface area contributed by atoms with Crippen molar-refractivity contribution in [2.45, 2.75) is 9.79 Å². The van der Waals surface area contributed by atoms with Gasteiger partial charge in [-0.1, -0.05) is 11.8 Å². The molecule has 0 aliphatic heterocycles. The van der Waals surface area contributed by atoms with Crippen LogP contribution >= 0.6 is 11.8 Å². The van der Waals surface area contributed by atoms with Crippen LogP contribution in [0.1, 0.15) is 10.4 Å². The molecule has 7 heteroatoms. The molecular formula is C13H10N4O2S. The van der Waals surface area contributed by atoms with Crippen molar-refractivity contribution in [1.29, 1.82) is 0 Å². The maximum Gasteiger partial charge on any atom is 0.338 e. The van der Waals surface area contributed by atoms with E-state index in [0.717, 1.165) is 10.3 Å². The van der Waals surface area contributed by atoms with Crippen molar-refractivity contribution >= 4 is 28.8 Å². The van der Waals surface area contributed by atoms with E-state index >= 15 is 0 Å². The minimum absolute atomic E-state index is 0.173. The van der Waals surface area contributed by atoms with Gasteiger partial charge in [0.1, 0.15) is 0 Å². The average molecular weight is 286 g/mol. The van der Waals surface area contributed by atoms with Crippen LogP contribution in [0.25, 0.3) is 11.0 Å². The van der Waals surface area contributed by atoms with Crippen LogP contribution in [-0.2, 0) is 7.05 Å². The van der Waals surface area contributed by atoms with Gasteiger partial charge in [0.25, 0.3) is 0 Å². The van der Waals surface area contributed by atoms with Crippen molar-refractivity contribution in [3.8, 4) is 0 Å². The number of aromatic carboxylic acids is 1. The monoisotopic (exact) mass is 286 g/mol. The summed E-state index contributed by atoms with van der Waals surface area (Å²) in [6.45, 7) is 0. The molecule has 3 aromatic rings. The average Bonchev–Trinajstić information content (AvgIpc) is 2.82. The number of hydrogen-bond acceptors (Lipinski definition) is 5. The molecule has 0 aromatic carbocycles.